The third-order valence-electron chi connectivity index (χ3n) is 5.80. The minimum atomic E-state index is -0.372. The Kier molecular flexibility index (Phi) is 7.81. The molecular weight excluding hydrogens is 376 g/mol. The lowest BCUT2D eigenvalue weighted by Crippen LogP contribution is -2.25. The monoisotopic (exact) mass is 408 g/mol. The third-order valence-corrected chi connectivity index (χ3v) is 5.80. The average Bonchev–Trinajstić information content (AvgIpc) is 2.85. The van der Waals surface area contributed by atoms with Crippen molar-refractivity contribution in [2.75, 3.05) is 7.11 Å². The first-order chi connectivity index (χ1) is 15.1. The molecule has 0 aliphatic rings. The van der Waals surface area contributed by atoms with E-state index in [1.165, 1.54) is 33.4 Å². The summed E-state index contributed by atoms with van der Waals surface area (Å²) in [6.45, 7) is 6.39. The van der Waals surface area contributed by atoms with Gasteiger partial charge in [0.15, 0.2) is 0 Å². The first kappa shape index (κ1) is 22.5. The van der Waals surface area contributed by atoms with Crippen LogP contribution in [-0.2, 0) is 16.8 Å². The summed E-state index contributed by atoms with van der Waals surface area (Å²) < 4.78 is 5.71. The molecule has 0 spiro atoms. The van der Waals surface area contributed by atoms with Crippen LogP contribution < -0.4 is 0 Å². The van der Waals surface area contributed by atoms with Crippen molar-refractivity contribution < 1.29 is 4.74 Å². The van der Waals surface area contributed by atoms with Crippen molar-refractivity contribution in [3.05, 3.63) is 131 Å². The van der Waals surface area contributed by atoms with Crippen molar-refractivity contribution in [1.29, 1.82) is 0 Å². The Morgan fingerprint density at radius 2 is 1.03 bits per heavy atom. The minimum Gasteiger partial charge on any atom is -0.369 e. The van der Waals surface area contributed by atoms with Gasteiger partial charge in [-0.3, -0.25) is 0 Å². The molecule has 158 valence electrons. The Balaban J connectivity index is 0.000000176. The van der Waals surface area contributed by atoms with Gasteiger partial charge in [0.2, 0.25) is 0 Å². The number of aryl methyl sites for hydroxylation is 2. The zero-order chi connectivity index (χ0) is 22.1. The summed E-state index contributed by atoms with van der Waals surface area (Å²) in [4.78, 5) is 0. The number of rotatable bonds is 5. The quantitative estimate of drug-likeness (QED) is 0.327. The zero-order valence-corrected chi connectivity index (χ0v) is 19.0. The summed E-state index contributed by atoms with van der Waals surface area (Å²) in [5, 5.41) is 0. The van der Waals surface area contributed by atoms with E-state index in [4.69, 9.17) is 4.74 Å². The SMILES string of the molecule is CCc1ccc(-c2ccc(C)cc2)cc1.COC(C)(c1ccccc1)c1ccccc1. The Hall–Kier alpha value is -3.16. The Morgan fingerprint density at radius 1 is 0.613 bits per heavy atom. The highest BCUT2D eigenvalue weighted by Crippen LogP contribution is 2.32. The van der Waals surface area contributed by atoms with Gasteiger partial charge in [-0.05, 0) is 48.1 Å². The van der Waals surface area contributed by atoms with Gasteiger partial charge in [0.05, 0.1) is 0 Å². The average molecular weight is 409 g/mol. The minimum absolute atomic E-state index is 0.372. The lowest BCUT2D eigenvalue weighted by molar-refractivity contribution is 0.0391. The van der Waals surface area contributed by atoms with Crippen molar-refractivity contribution in [2.45, 2.75) is 32.8 Å². The smallest absolute Gasteiger partial charge is 0.115 e. The van der Waals surface area contributed by atoms with E-state index in [0.29, 0.717) is 0 Å². The van der Waals surface area contributed by atoms with Gasteiger partial charge in [-0.1, -0.05) is 122 Å². The van der Waals surface area contributed by atoms with Crippen LogP contribution in [0.5, 0.6) is 0 Å². The Bertz CT molecular complexity index is 994. The van der Waals surface area contributed by atoms with Gasteiger partial charge < -0.3 is 4.74 Å². The summed E-state index contributed by atoms with van der Waals surface area (Å²) in [6, 6.07) is 38.0. The van der Waals surface area contributed by atoms with Gasteiger partial charge >= 0.3 is 0 Å². The molecule has 4 rings (SSSR count). The van der Waals surface area contributed by atoms with E-state index < -0.39 is 0 Å². The molecule has 0 unspecified atom stereocenters. The van der Waals surface area contributed by atoms with E-state index in [1.807, 2.05) is 36.4 Å². The van der Waals surface area contributed by atoms with E-state index in [-0.39, 0.29) is 5.60 Å². The fourth-order valence-electron chi connectivity index (χ4n) is 3.59. The Morgan fingerprint density at radius 3 is 1.42 bits per heavy atom. The maximum Gasteiger partial charge on any atom is 0.115 e. The molecule has 0 radical (unpaired) electrons. The van der Waals surface area contributed by atoms with Crippen LogP contribution in [0.4, 0.5) is 0 Å². The highest BCUT2D eigenvalue weighted by Gasteiger charge is 2.27. The number of hydrogen-bond acceptors (Lipinski definition) is 1. The number of benzene rings is 4. The van der Waals surface area contributed by atoms with Crippen LogP contribution in [0.25, 0.3) is 11.1 Å². The van der Waals surface area contributed by atoms with E-state index in [9.17, 15) is 0 Å². The van der Waals surface area contributed by atoms with Crippen molar-refractivity contribution >= 4 is 0 Å². The molecule has 4 aromatic carbocycles. The molecule has 0 aliphatic carbocycles. The van der Waals surface area contributed by atoms with E-state index >= 15 is 0 Å². The van der Waals surface area contributed by atoms with Crippen LogP contribution in [0.3, 0.4) is 0 Å². The maximum absolute atomic E-state index is 5.71. The molecule has 0 amide bonds. The predicted molar refractivity (Wildman–Crippen MR) is 132 cm³/mol. The van der Waals surface area contributed by atoms with Crippen LogP contribution in [0.15, 0.2) is 109 Å². The molecule has 0 fully saturated rings. The van der Waals surface area contributed by atoms with E-state index in [2.05, 4.69) is 93.6 Å². The first-order valence-corrected chi connectivity index (χ1v) is 10.9. The second-order valence-electron chi connectivity index (χ2n) is 7.89. The fraction of sp³-hybridized carbons (Fsp3) is 0.200. The van der Waals surface area contributed by atoms with Crippen LogP contribution >= 0.6 is 0 Å². The van der Waals surface area contributed by atoms with Crippen molar-refractivity contribution in [1.82, 2.24) is 0 Å². The molecule has 31 heavy (non-hydrogen) atoms. The first-order valence-electron chi connectivity index (χ1n) is 10.9. The second-order valence-corrected chi connectivity index (χ2v) is 7.89. The molecule has 0 heterocycles. The molecule has 0 atom stereocenters. The molecule has 0 saturated carbocycles. The van der Waals surface area contributed by atoms with Crippen LogP contribution in [0.2, 0.25) is 0 Å². The van der Waals surface area contributed by atoms with Crippen LogP contribution in [0.1, 0.15) is 36.1 Å². The molecule has 0 aromatic heterocycles. The predicted octanol–water partition coefficient (Wildman–Crippen LogP) is 7.82. The third kappa shape index (κ3) is 5.71. The summed E-state index contributed by atoms with van der Waals surface area (Å²) >= 11 is 0. The molecule has 4 aromatic rings. The van der Waals surface area contributed by atoms with Gasteiger partial charge in [0.25, 0.3) is 0 Å². The second kappa shape index (κ2) is 10.7. The van der Waals surface area contributed by atoms with Crippen LogP contribution in [-0.4, -0.2) is 7.11 Å². The Labute approximate surface area is 187 Å². The highest BCUT2D eigenvalue weighted by molar-refractivity contribution is 5.63. The van der Waals surface area contributed by atoms with Gasteiger partial charge in [-0.15, -0.1) is 0 Å². The van der Waals surface area contributed by atoms with Crippen LogP contribution in [0, 0.1) is 6.92 Å². The van der Waals surface area contributed by atoms with Gasteiger partial charge in [-0.25, -0.2) is 0 Å². The van der Waals surface area contributed by atoms with Crippen molar-refractivity contribution in [2.24, 2.45) is 0 Å². The molecular formula is C30H32O. The molecule has 0 saturated heterocycles. The van der Waals surface area contributed by atoms with Gasteiger partial charge in [0.1, 0.15) is 5.60 Å². The molecule has 0 N–H and O–H groups in total. The van der Waals surface area contributed by atoms with Gasteiger partial charge in [-0.2, -0.15) is 0 Å². The fourth-order valence-corrected chi connectivity index (χ4v) is 3.59. The molecule has 1 nitrogen and oxygen atoms in total. The molecule has 0 aliphatic heterocycles. The normalized spacial score (nSPS) is 10.8. The zero-order valence-electron chi connectivity index (χ0n) is 19.0. The summed E-state index contributed by atoms with van der Waals surface area (Å²) in [5.41, 5.74) is 7.26. The van der Waals surface area contributed by atoms with Gasteiger partial charge in [0, 0.05) is 7.11 Å². The lowest BCUT2D eigenvalue weighted by Gasteiger charge is -2.29. The van der Waals surface area contributed by atoms with E-state index in [0.717, 1.165) is 6.42 Å². The standard InChI is InChI=1S/C15H16O.C15H16/c1-15(16-2,13-9-5-3-6-10-13)14-11-7-4-8-12-14;1-3-13-6-10-15(11-7-13)14-8-4-12(2)5-9-14/h3-12H,1-2H3;4-11H,3H2,1-2H3. The number of ether oxygens (including phenoxy) is 1. The maximum atomic E-state index is 5.71. The summed E-state index contributed by atoms with van der Waals surface area (Å²) in [7, 11) is 1.75. The van der Waals surface area contributed by atoms with E-state index in [1.54, 1.807) is 7.11 Å². The lowest BCUT2D eigenvalue weighted by atomic mass is 9.88. The summed E-state index contributed by atoms with van der Waals surface area (Å²) in [6.07, 6.45) is 1.11. The largest absolute Gasteiger partial charge is 0.369 e. The number of hydrogen-bond donors (Lipinski definition) is 0. The summed E-state index contributed by atoms with van der Waals surface area (Å²) in [5.74, 6) is 0. The highest BCUT2D eigenvalue weighted by atomic mass is 16.5. The number of methoxy groups -OCH3 is 1. The molecule has 1 heteroatoms. The van der Waals surface area contributed by atoms with Crippen molar-refractivity contribution in [3.63, 3.8) is 0 Å². The molecule has 0 bridgehead atoms. The van der Waals surface area contributed by atoms with Crippen molar-refractivity contribution in [3.8, 4) is 11.1 Å². The topological polar surface area (TPSA) is 9.23 Å².